The molecule has 2 aromatic carbocycles. The van der Waals surface area contributed by atoms with Crippen LogP contribution in [0.2, 0.25) is 0 Å². The molecule has 3 N–H and O–H groups in total. The largest absolute Gasteiger partial charge is 0.510 e. The maximum absolute atomic E-state index is 14.4. The van der Waals surface area contributed by atoms with Crippen molar-refractivity contribution in [1.82, 2.24) is 39.4 Å². The Hall–Kier alpha value is -8.60. The van der Waals surface area contributed by atoms with Gasteiger partial charge in [-0.3, -0.25) is 28.8 Å². The van der Waals surface area contributed by atoms with Gasteiger partial charge in [-0.15, -0.1) is 5.10 Å². The standard InChI is InChI=1S/C80H108N10O20S/c1-6-80(71-48-73-74-69(52-90(73)76(96)70(71)56-108-77(80)97)67(27-29-89(57(2)3)58(4)91)68-19-10-11-20-72(68)85-74)110-79(98)109-53-59-21-23-62(24-22-59)84-75(95)61(16-12-13-28-81)47-66(94)55-107-54-65(93)18-14-31-99-33-35-101-37-39-103-41-43-105-45-46-106-44-42-104-40-38-102-36-34-100-32-30-88-51-63(86-87-88)25-26-64(92)17-9-7-8-15-60-49-82-78(111-5)83-50-60/h8,10-11,15,19-24,48-51,57,61H,6-7,9,12-14,16-18,25-47,52-56,81H2,1-5H3,(H,84,95)/b15-8+/t61-,80+/m1/s1. The van der Waals surface area contributed by atoms with E-state index in [1.165, 1.54) is 11.8 Å². The molecule has 0 spiro atoms. The third kappa shape index (κ3) is 28.8. The molecule has 4 aromatic heterocycles. The molecular weight excluding hydrogens is 1450 g/mol. The first kappa shape index (κ1) is 88.0. The number of allylic oxidation sites excluding steroid dienone is 1. The molecule has 111 heavy (non-hydrogen) atoms. The van der Waals surface area contributed by atoms with Gasteiger partial charge in [-0.2, -0.15) is 0 Å². The zero-order chi connectivity index (χ0) is 79.0. The van der Waals surface area contributed by atoms with Crippen LogP contribution in [0.4, 0.5) is 10.5 Å². The number of benzene rings is 2. The van der Waals surface area contributed by atoms with Gasteiger partial charge in [-0.05, 0) is 113 Å². The minimum absolute atomic E-state index is 0.0211. The number of unbranched alkanes of at least 4 members (excludes halogenated alkanes) is 2. The van der Waals surface area contributed by atoms with E-state index in [0.29, 0.717) is 205 Å². The van der Waals surface area contributed by atoms with Crippen LogP contribution in [-0.4, -0.2) is 225 Å². The van der Waals surface area contributed by atoms with E-state index in [4.69, 9.17) is 67.6 Å². The first-order valence-corrected chi connectivity index (χ1v) is 39.5. The van der Waals surface area contributed by atoms with Crippen molar-refractivity contribution in [3.63, 3.8) is 0 Å². The number of nitrogens with zero attached hydrogens (tertiary/aromatic N) is 8. The van der Waals surface area contributed by atoms with Crippen molar-refractivity contribution in [3.8, 4) is 11.4 Å². The summed E-state index contributed by atoms with van der Waals surface area (Å²) in [7, 11) is 0. The van der Waals surface area contributed by atoms with Crippen molar-refractivity contribution in [1.29, 1.82) is 0 Å². The van der Waals surface area contributed by atoms with Crippen molar-refractivity contribution in [2.45, 2.75) is 154 Å². The van der Waals surface area contributed by atoms with Crippen LogP contribution >= 0.6 is 11.8 Å². The summed E-state index contributed by atoms with van der Waals surface area (Å²) in [6.07, 6.45) is 16.0. The second-order valence-electron chi connectivity index (χ2n) is 27.0. The number of esters is 1. The minimum Gasteiger partial charge on any atom is -0.457 e. The Morgan fingerprint density at radius 3 is 1.99 bits per heavy atom. The summed E-state index contributed by atoms with van der Waals surface area (Å²) < 4.78 is 70.4. The SMILES string of the molecule is CC[C@@]1(OC(=O)OCc2ccc(NC(=O)[C@H](CCCCN)CC(=O)COCC(=O)CCCOCCOCCOCCOCCOCCOCCOCCOCCn3cc(CCC(=O)CCC/C=C/c4cnc(SC)nc4)nn3)cc2)C(=O)OCc2c1cc1n(c2=O)Cc2c-1nc1ccccc1c2CCN(C(C)=O)C(C)C. The summed E-state index contributed by atoms with van der Waals surface area (Å²) in [6, 6.07) is 15.8. The number of aromatic nitrogens is 7. The van der Waals surface area contributed by atoms with E-state index in [2.05, 4.69) is 25.6 Å². The molecule has 0 fully saturated rings. The average Bonchev–Trinajstić information content (AvgIpc) is 1.61. The molecule has 31 heteroatoms. The number of thioether (sulfide) groups is 1. The van der Waals surface area contributed by atoms with Gasteiger partial charge < -0.3 is 77.4 Å². The maximum atomic E-state index is 14.4. The number of nitrogens with two attached hydrogens (primary N) is 1. The zero-order valence-electron chi connectivity index (χ0n) is 64.6. The number of ketones is 3. The molecule has 0 radical (unpaired) electrons. The van der Waals surface area contributed by atoms with Gasteiger partial charge in [0.15, 0.2) is 16.7 Å². The number of rotatable bonds is 57. The smallest absolute Gasteiger partial charge is 0.457 e. The normalized spacial score (nSPS) is 14.0. The minimum atomic E-state index is -2.02. The molecule has 2 aliphatic heterocycles. The molecule has 2 atom stereocenters. The summed E-state index contributed by atoms with van der Waals surface area (Å²) in [5.74, 6) is -2.30. The molecule has 6 heterocycles. The molecule has 0 bridgehead atoms. The lowest BCUT2D eigenvalue weighted by Crippen LogP contribution is -2.47. The summed E-state index contributed by atoms with van der Waals surface area (Å²) in [5, 5.41) is 12.9. The number of pyridine rings is 2. The first-order chi connectivity index (χ1) is 54.0. The third-order valence-electron chi connectivity index (χ3n) is 18.6. The van der Waals surface area contributed by atoms with Crippen LogP contribution in [-0.2, 0) is 130 Å². The van der Waals surface area contributed by atoms with Crippen LogP contribution in [0.1, 0.15) is 137 Å². The Morgan fingerprint density at radius 2 is 1.36 bits per heavy atom. The fourth-order valence-electron chi connectivity index (χ4n) is 12.6. The third-order valence-corrected chi connectivity index (χ3v) is 19.1. The second kappa shape index (κ2) is 48.3. The number of Topliss-reactive ketones (excluding diaryl/α,β-unsaturated/α-hetero) is 3. The number of cyclic esters (lactones) is 1. The lowest BCUT2D eigenvalue weighted by molar-refractivity contribution is -0.175. The van der Waals surface area contributed by atoms with Crippen molar-refractivity contribution < 1.29 is 90.4 Å². The number of fused-ring (bicyclic) bond motifs is 5. The highest BCUT2D eigenvalue weighted by atomic mass is 32.2. The fraction of sp³-hybridized carbons (Fsp3) is 0.562. The number of amides is 2. The molecule has 2 aliphatic rings. The van der Waals surface area contributed by atoms with E-state index in [9.17, 15) is 38.4 Å². The predicted molar refractivity (Wildman–Crippen MR) is 413 cm³/mol. The number of para-hydroxylation sites is 1. The summed E-state index contributed by atoms with van der Waals surface area (Å²) in [4.78, 5) is 121. The highest BCUT2D eigenvalue weighted by Gasteiger charge is 2.51. The molecule has 0 saturated carbocycles. The zero-order valence-corrected chi connectivity index (χ0v) is 65.4. The number of hydrogen-bond acceptors (Lipinski definition) is 27. The van der Waals surface area contributed by atoms with Crippen molar-refractivity contribution >= 4 is 75.7 Å². The van der Waals surface area contributed by atoms with Gasteiger partial charge in [-0.1, -0.05) is 72.8 Å². The Balaban J connectivity index is 0.597. The highest BCUT2D eigenvalue weighted by molar-refractivity contribution is 7.98. The van der Waals surface area contributed by atoms with E-state index in [0.717, 1.165) is 45.8 Å². The van der Waals surface area contributed by atoms with Crippen LogP contribution in [0.15, 0.2) is 89.2 Å². The molecule has 604 valence electrons. The Kier molecular flexibility index (Phi) is 38.3. The monoisotopic (exact) mass is 1560 g/mol. The molecule has 8 rings (SSSR count). The Labute approximate surface area is 652 Å². The summed E-state index contributed by atoms with van der Waals surface area (Å²) >= 11 is 1.50. The fourth-order valence-corrected chi connectivity index (χ4v) is 13.0. The van der Waals surface area contributed by atoms with Crippen molar-refractivity contribution in [2.24, 2.45) is 11.7 Å². The van der Waals surface area contributed by atoms with Gasteiger partial charge in [0.2, 0.25) is 17.4 Å². The lowest BCUT2D eigenvalue weighted by atomic mass is 9.85. The molecule has 6 aromatic rings. The molecular formula is C80H108N10O20S. The lowest BCUT2D eigenvalue weighted by Gasteiger charge is -2.35. The van der Waals surface area contributed by atoms with Crippen LogP contribution in [0.5, 0.6) is 0 Å². The van der Waals surface area contributed by atoms with Crippen LogP contribution in [0, 0.1) is 5.92 Å². The number of carbonyl (C=O) groups is 7. The van der Waals surface area contributed by atoms with E-state index in [-0.39, 0.29) is 98.6 Å². The van der Waals surface area contributed by atoms with Crippen LogP contribution in [0.3, 0.4) is 0 Å². The molecule has 0 aliphatic carbocycles. The Bertz CT molecular complexity index is 4030. The van der Waals surface area contributed by atoms with Crippen molar-refractivity contribution in [2.75, 3.05) is 144 Å². The Morgan fingerprint density at radius 1 is 0.730 bits per heavy atom. The quantitative estimate of drug-likeness (QED) is 0.0156. The van der Waals surface area contributed by atoms with E-state index < -0.39 is 29.2 Å². The highest BCUT2D eigenvalue weighted by Crippen LogP contribution is 2.42. The van der Waals surface area contributed by atoms with E-state index >= 15 is 0 Å². The number of carbonyl (C=O) groups excluding carboxylic acids is 7. The summed E-state index contributed by atoms with van der Waals surface area (Å²) in [6.45, 7) is 14.2. The molecule has 2 amide bonds. The first-order valence-electron chi connectivity index (χ1n) is 38.2. The van der Waals surface area contributed by atoms with Crippen molar-refractivity contribution in [3.05, 3.63) is 129 Å². The molecule has 30 nitrogen and oxygen atoms in total. The van der Waals surface area contributed by atoms with Gasteiger partial charge in [0, 0.05) is 104 Å². The van der Waals surface area contributed by atoms with Gasteiger partial charge in [-0.25, -0.2) is 29.2 Å². The van der Waals surface area contributed by atoms with Gasteiger partial charge in [0.05, 0.1) is 140 Å². The number of hydrogen-bond donors (Lipinski definition) is 2. The second-order valence-corrected chi connectivity index (χ2v) is 27.7. The predicted octanol–water partition coefficient (Wildman–Crippen LogP) is 8.57. The van der Waals surface area contributed by atoms with E-state index in [1.54, 1.807) is 70.7 Å². The summed E-state index contributed by atoms with van der Waals surface area (Å²) in [5.41, 5.74) is 9.84. The van der Waals surface area contributed by atoms with Gasteiger partial charge in [0.1, 0.15) is 32.2 Å². The number of nitrogens with one attached hydrogen (secondary N) is 1. The topological polar surface area (TPSA) is 363 Å². The molecule has 0 unspecified atom stereocenters. The van der Waals surface area contributed by atoms with E-state index in [1.807, 2.05) is 62.7 Å². The number of ether oxygens (including phenoxy) is 12. The number of aryl methyl sites for hydroxylation is 1. The van der Waals surface area contributed by atoms with Crippen LogP contribution in [0.25, 0.3) is 28.4 Å². The molecule has 0 saturated heterocycles. The van der Waals surface area contributed by atoms with Gasteiger partial charge in [0.25, 0.3) is 5.56 Å². The maximum Gasteiger partial charge on any atom is 0.510 e. The van der Waals surface area contributed by atoms with Gasteiger partial charge >= 0.3 is 12.1 Å². The number of anilines is 1. The average molecular weight is 1560 g/mol. The van der Waals surface area contributed by atoms with Crippen LogP contribution < -0.4 is 16.6 Å².